The highest BCUT2D eigenvalue weighted by molar-refractivity contribution is 5.60. The molecule has 1 aromatic carbocycles. The Bertz CT molecular complexity index is 652. The summed E-state index contributed by atoms with van der Waals surface area (Å²) in [5, 5.41) is 12.1. The number of halogens is 1. The minimum Gasteiger partial charge on any atom is -0.495 e. The maximum absolute atomic E-state index is 13.2. The van der Waals surface area contributed by atoms with E-state index in [1.165, 1.54) is 19.4 Å². The molecule has 2 rings (SSSR count). The van der Waals surface area contributed by atoms with Crippen molar-refractivity contribution in [1.29, 1.82) is 5.26 Å². The number of anilines is 1. The molecule has 20 heavy (non-hydrogen) atoms. The smallest absolute Gasteiger partial charge is 0.143 e. The van der Waals surface area contributed by atoms with Crippen LogP contribution >= 0.6 is 0 Å². The molecule has 5 heteroatoms. The third-order valence-corrected chi connectivity index (χ3v) is 2.93. The number of hydrogen-bond donors (Lipinski definition) is 1. The molecule has 0 aliphatic rings. The summed E-state index contributed by atoms with van der Waals surface area (Å²) in [6.07, 6.45) is 2.77. The first kappa shape index (κ1) is 13.8. The molecule has 0 amide bonds. The van der Waals surface area contributed by atoms with E-state index < -0.39 is 0 Å². The highest BCUT2D eigenvalue weighted by Crippen LogP contribution is 2.29. The van der Waals surface area contributed by atoms with Gasteiger partial charge in [0.2, 0.25) is 0 Å². The van der Waals surface area contributed by atoms with Crippen molar-refractivity contribution >= 4 is 5.69 Å². The van der Waals surface area contributed by atoms with E-state index in [1.807, 2.05) is 6.92 Å². The monoisotopic (exact) mass is 271 g/mol. The van der Waals surface area contributed by atoms with Gasteiger partial charge in [-0.15, -0.1) is 0 Å². The third-order valence-electron chi connectivity index (χ3n) is 2.93. The zero-order valence-corrected chi connectivity index (χ0v) is 11.2. The van der Waals surface area contributed by atoms with E-state index in [4.69, 9.17) is 10.00 Å². The van der Waals surface area contributed by atoms with E-state index in [2.05, 4.69) is 16.4 Å². The summed E-state index contributed by atoms with van der Waals surface area (Å²) in [7, 11) is 1.54. The molecule has 1 N–H and O–H groups in total. The van der Waals surface area contributed by atoms with E-state index in [0.717, 1.165) is 11.3 Å². The molecule has 0 saturated carbocycles. The Kier molecular flexibility index (Phi) is 4.16. The van der Waals surface area contributed by atoms with Crippen molar-refractivity contribution < 1.29 is 9.13 Å². The topological polar surface area (TPSA) is 57.9 Å². The Hall–Kier alpha value is -2.61. The number of aromatic nitrogens is 1. The van der Waals surface area contributed by atoms with E-state index in [0.29, 0.717) is 11.3 Å². The molecule has 0 aliphatic heterocycles. The van der Waals surface area contributed by atoms with Crippen molar-refractivity contribution in [1.82, 2.24) is 4.98 Å². The number of nitrogens with one attached hydrogen (secondary N) is 1. The summed E-state index contributed by atoms with van der Waals surface area (Å²) in [6.45, 7) is 1.90. The Morgan fingerprint density at radius 3 is 2.80 bits per heavy atom. The predicted molar refractivity (Wildman–Crippen MR) is 73.9 cm³/mol. The Morgan fingerprint density at radius 2 is 2.15 bits per heavy atom. The summed E-state index contributed by atoms with van der Waals surface area (Å²) in [5.74, 6) is 0.197. The Labute approximate surface area is 116 Å². The van der Waals surface area contributed by atoms with Gasteiger partial charge in [0.05, 0.1) is 36.7 Å². The second kappa shape index (κ2) is 6.02. The molecule has 0 saturated heterocycles. The fraction of sp³-hybridized carbons (Fsp3) is 0.200. The van der Waals surface area contributed by atoms with E-state index >= 15 is 0 Å². The normalized spacial score (nSPS) is 11.5. The van der Waals surface area contributed by atoms with Crippen LogP contribution in [0, 0.1) is 17.1 Å². The molecular formula is C15H14FN3O. The van der Waals surface area contributed by atoms with Crippen LogP contribution < -0.4 is 10.1 Å². The van der Waals surface area contributed by atoms with Crippen LogP contribution in [-0.4, -0.2) is 12.1 Å². The van der Waals surface area contributed by atoms with E-state index in [-0.39, 0.29) is 11.9 Å². The van der Waals surface area contributed by atoms with Crippen LogP contribution in [0.15, 0.2) is 36.7 Å². The third kappa shape index (κ3) is 3.04. The van der Waals surface area contributed by atoms with Gasteiger partial charge in [0.1, 0.15) is 11.6 Å². The van der Waals surface area contributed by atoms with Gasteiger partial charge in [-0.2, -0.15) is 5.26 Å². The fourth-order valence-electron chi connectivity index (χ4n) is 1.86. The predicted octanol–water partition coefficient (Wildman–Crippen LogP) is 3.27. The van der Waals surface area contributed by atoms with Gasteiger partial charge in [-0.3, -0.25) is 4.98 Å². The highest BCUT2D eigenvalue weighted by atomic mass is 19.1. The Balaban J connectivity index is 2.23. The highest BCUT2D eigenvalue weighted by Gasteiger charge is 2.10. The first-order valence-corrected chi connectivity index (χ1v) is 6.09. The van der Waals surface area contributed by atoms with E-state index in [9.17, 15) is 4.39 Å². The van der Waals surface area contributed by atoms with Crippen LogP contribution in [0.2, 0.25) is 0 Å². The van der Waals surface area contributed by atoms with Gasteiger partial charge >= 0.3 is 0 Å². The van der Waals surface area contributed by atoms with Crippen LogP contribution in [0.1, 0.15) is 24.1 Å². The number of ether oxygens (including phenoxy) is 1. The molecule has 0 aliphatic carbocycles. The molecule has 0 radical (unpaired) electrons. The minimum atomic E-state index is -0.372. The number of methoxy groups -OCH3 is 1. The Morgan fingerprint density at radius 1 is 1.35 bits per heavy atom. The largest absolute Gasteiger partial charge is 0.495 e. The molecule has 4 nitrogen and oxygen atoms in total. The first-order valence-electron chi connectivity index (χ1n) is 6.09. The van der Waals surface area contributed by atoms with Crippen LogP contribution in [0.4, 0.5) is 10.1 Å². The van der Waals surface area contributed by atoms with Crippen molar-refractivity contribution in [3.8, 4) is 11.8 Å². The molecule has 102 valence electrons. The van der Waals surface area contributed by atoms with Crippen LogP contribution in [0.3, 0.4) is 0 Å². The van der Waals surface area contributed by atoms with Crippen molar-refractivity contribution in [2.24, 2.45) is 0 Å². The maximum atomic E-state index is 13.2. The van der Waals surface area contributed by atoms with Gasteiger partial charge in [0.15, 0.2) is 0 Å². The lowest BCUT2D eigenvalue weighted by molar-refractivity contribution is 0.416. The van der Waals surface area contributed by atoms with Gasteiger partial charge in [-0.1, -0.05) is 0 Å². The number of hydrogen-bond acceptors (Lipinski definition) is 4. The molecule has 1 atom stereocenters. The van der Waals surface area contributed by atoms with Crippen LogP contribution in [0.25, 0.3) is 0 Å². The first-order chi connectivity index (χ1) is 9.63. The molecule has 0 fully saturated rings. The van der Waals surface area contributed by atoms with Gasteiger partial charge in [0.25, 0.3) is 0 Å². The summed E-state index contributed by atoms with van der Waals surface area (Å²) in [5.41, 5.74) is 1.99. The van der Waals surface area contributed by atoms with Gasteiger partial charge in [-0.05, 0) is 30.7 Å². The van der Waals surface area contributed by atoms with Gasteiger partial charge in [-0.25, -0.2) is 4.39 Å². The number of benzene rings is 1. The average molecular weight is 271 g/mol. The zero-order valence-electron chi connectivity index (χ0n) is 11.2. The van der Waals surface area contributed by atoms with Crippen LogP contribution in [-0.2, 0) is 0 Å². The molecular weight excluding hydrogens is 257 g/mol. The van der Waals surface area contributed by atoms with Crippen molar-refractivity contribution in [3.63, 3.8) is 0 Å². The van der Waals surface area contributed by atoms with Gasteiger partial charge < -0.3 is 10.1 Å². The standard InChI is InChI=1S/C15H14FN3O/c1-10(12-6-13(16)9-18-8-12)19-14-4-3-11(7-17)5-15(14)20-2/h3-6,8-10,19H,1-2H3. The lowest BCUT2D eigenvalue weighted by Crippen LogP contribution is -2.08. The summed E-state index contributed by atoms with van der Waals surface area (Å²) >= 11 is 0. The second-order valence-electron chi connectivity index (χ2n) is 4.33. The SMILES string of the molecule is COc1cc(C#N)ccc1NC(C)c1cncc(F)c1. The summed E-state index contributed by atoms with van der Waals surface area (Å²) in [4.78, 5) is 3.83. The maximum Gasteiger partial charge on any atom is 0.143 e. The van der Waals surface area contributed by atoms with Crippen molar-refractivity contribution in [3.05, 3.63) is 53.6 Å². The average Bonchev–Trinajstić information content (AvgIpc) is 2.47. The number of rotatable bonds is 4. The molecule has 1 heterocycles. The summed E-state index contributed by atoms with van der Waals surface area (Å²) < 4.78 is 18.4. The van der Waals surface area contributed by atoms with Crippen LogP contribution in [0.5, 0.6) is 5.75 Å². The molecule has 0 spiro atoms. The zero-order chi connectivity index (χ0) is 14.5. The quantitative estimate of drug-likeness (QED) is 0.927. The number of pyridine rings is 1. The lowest BCUT2D eigenvalue weighted by Gasteiger charge is -2.17. The van der Waals surface area contributed by atoms with E-state index in [1.54, 1.807) is 24.4 Å². The molecule has 2 aromatic rings. The fourth-order valence-corrected chi connectivity index (χ4v) is 1.86. The van der Waals surface area contributed by atoms with Gasteiger partial charge in [0, 0.05) is 12.3 Å². The number of nitrogens with zero attached hydrogens (tertiary/aromatic N) is 2. The second-order valence-corrected chi connectivity index (χ2v) is 4.33. The molecule has 0 bridgehead atoms. The molecule has 1 unspecified atom stereocenters. The van der Waals surface area contributed by atoms with Crippen molar-refractivity contribution in [2.45, 2.75) is 13.0 Å². The minimum absolute atomic E-state index is 0.139. The summed E-state index contributed by atoms with van der Waals surface area (Å²) in [6, 6.07) is 8.46. The number of nitriles is 1. The lowest BCUT2D eigenvalue weighted by atomic mass is 10.1. The molecule has 1 aromatic heterocycles. The van der Waals surface area contributed by atoms with Crippen molar-refractivity contribution in [2.75, 3.05) is 12.4 Å².